The van der Waals surface area contributed by atoms with Crippen molar-refractivity contribution in [1.29, 1.82) is 0 Å². The van der Waals surface area contributed by atoms with Crippen LogP contribution in [-0.2, 0) is 0 Å². The molecule has 1 heterocycles. The Balaban J connectivity index is 2.29. The van der Waals surface area contributed by atoms with Gasteiger partial charge in [0.2, 0.25) is 5.13 Å². The van der Waals surface area contributed by atoms with Gasteiger partial charge in [-0.1, -0.05) is 22.9 Å². The second-order valence-corrected chi connectivity index (χ2v) is 4.63. The Hall–Kier alpha value is -1.86. The summed E-state index contributed by atoms with van der Waals surface area (Å²) in [5, 5.41) is 10.7. The summed E-state index contributed by atoms with van der Waals surface area (Å²) >= 11 is 7.25. The van der Waals surface area contributed by atoms with Crippen LogP contribution < -0.4 is 14.8 Å². The van der Waals surface area contributed by atoms with Crippen molar-refractivity contribution in [2.75, 3.05) is 19.5 Å². The van der Waals surface area contributed by atoms with Crippen LogP contribution in [0.5, 0.6) is 11.5 Å². The first-order chi connectivity index (χ1) is 9.15. The second-order valence-electron chi connectivity index (χ2n) is 3.39. The van der Waals surface area contributed by atoms with Gasteiger partial charge in [-0.05, 0) is 12.1 Å². The third-order valence-electron chi connectivity index (χ3n) is 2.28. The van der Waals surface area contributed by atoms with Gasteiger partial charge < -0.3 is 9.47 Å². The highest BCUT2D eigenvalue weighted by atomic mass is 35.5. The third-order valence-corrected chi connectivity index (χ3v) is 3.16. The number of benzene rings is 1. The van der Waals surface area contributed by atoms with Gasteiger partial charge in [0, 0.05) is 5.56 Å². The SMILES string of the molecule is COc1cc(C(=O)Nc2nncs2)cc(Cl)c1OC. The van der Waals surface area contributed by atoms with E-state index in [9.17, 15) is 4.79 Å². The molecule has 6 nitrogen and oxygen atoms in total. The van der Waals surface area contributed by atoms with E-state index in [2.05, 4.69) is 15.5 Å². The summed E-state index contributed by atoms with van der Waals surface area (Å²) in [6, 6.07) is 3.04. The number of nitrogens with one attached hydrogen (secondary N) is 1. The minimum Gasteiger partial charge on any atom is -0.493 e. The van der Waals surface area contributed by atoms with Crippen LogP contribution in [0, 0.1) is 0 Å². The van der Waals surface area contributed by atoms with E-state index in [0.29, 0.717) is 27.2 Å². The molecule has 2 rings (SSSR count). The lowest BCUT2D eigenvalue weighted by molar-refractivity contribution is 0.102. The largest absolute Gasteiger partial charge is 0.493 e. The Morgan fingerprint density at radius 3 is 2.74 bits per heavy atom. The minimum atomic E-state index is -0.348. The average molecular weight is 300 g/mol. The first kappa shape index (κ1) is 13.6. The van der Waals surface area contributed by atoms with Gasteiger partial charge in [0.05, 0.1) is 19.2 Å². The number of carbonyl (C=O) groups excluding carboxylic acids is 1. The fourth-order valence-electron chi connectivity index (χ4n) is 1.45. The zero-order chi connectivity index (χ0) is 13.8. The average Bonchev–Trinajstić information content (AvgIpc) is 2.90. The maximum atomic E-state index is 12.0. The molecule has 0 saturated carbocycles. The molecule has 8 heteroatoms. The van der Waals surface area contributed by atoms with Crippen LogP contribution in [0.3, 0.4) is 0 Å². The van der Waals surface area contributed by atoms with Crippen molar-refractivity contribution in [2.24, 2.45) is 0 Å². The summed E-state index contributed by atoms with van der Waals surface area (Å²) in [4.78, 5) is 12.0. The Morgan fingerprint density at radius 1 is 1.37 bits per heavy atom. The number of aromatic nitrogens is 2. The summed E-state index contributed by atoms with van der Waals surface area (Å²) in [5.74, 6) is 0.425. The van der Waals surface area contributed by atoms with Crippen LogP contribution in [0.25, 0.3) is 0 Å². The van der Waals surface area contributed by atoms with Crippen LogP contribution in [0.2, 0.25) is 5.02 Å². The molecule has 0 fully saturated rings. The van der Waals surface area contributed by atoms with Crippen molar-refractivity contribution in [1.82, 2.24) is 10.2 Å². The second kappa shape index (κ2) is 5.85. The molecule has 2 aromatic rings. The highest BCUT2D eigenvalue weighted by Crippen LogP contribution is 2.36. The molecule has 0 unspecified atom stereocenters. The fourth-order valence-corrected chi connectivity index (χ4v) is 2.17. The highest BCUT2D eigenvalue weighted by molar-refractivity contribution is 7.13. The molecule has 0 aliphatic carbocycles. The molecule has 1 amide bonds. The van der Waals surface area contributed by atoms with E-state index in [4.69, 9.17) is 21.1 Å². The van der Waals surface area contributed by atoms with Gasteiger partial charge in [0.25, 0.3) is 5.91 Å². The van der Waals surface area contributed by atoms with Crippen LogP contribution in [0.15, 0.2) is 17.6 Å². The van der Waals surface area contributed by atoms with Crippen molar-refractivity contribution in [3.05, 3.63) is 28.2 Å². The number of rotatable bonds is 4. The normalized spacial score (nSPS) is 10.1. The molecule has 0 atom stereocenters. The van der Waals surface area contributed by atoms with E-state index in [1.807, 2.05) is 0 Å². The monoisotopic (exact) mass is 299 g/mol. The number of hydrogen-bond acceptors (Lipinski definition) is 6. The molecular weight excluding hydrogens is 290 g/mol. The van der Waals surface area contributed by atoms with Gasteiger partial charge >= 0.3 is 0 Å². The van der Waals surface area contributed by atoms with E-state index in [1.54, 1.807) is 6.07 Å². The van der Waals surface area contributed by atoms with E-state index in [0.717, 1.165) is 0 Å². The van der Waals surface area contributed by atoms with Crippen molar-refractivity contribution < 1.29 is 14.3 Å². The zero-order valence-corrected chi connectivity index (χ0v) is 11.7. The topological polar surface area (TPSA) is 73.3 Å². The maximum Gasteiger partial charge on any atom is 0.257 e. The molecule has 19 heavy (non-hydrogen) atoms. The Kier molecular flexibility index (Phi) is 4.18. The van der Waals surface area contributed by atoms with Crippen LogP contribution in [0.4, 0.5) is 5.13 Å². The molecular formula is C11H10ClN3O3S. The number of hydrogen-bond donors (Lipinski definition) is 1. The van der Waals surface area contributed by atoms with Gasteiger partial charge in [0.15, 0.2) is 11.5 Å². The first-order valence-electron chi connectivity index (χ1n) is 5.14. The third kappa shape index (κ3) is 2.94. The Labute approximate surface area is 118 Å². The van der Waals surface area contributed by atoms with E-state index >= 15 is 0 Å². The summed E-state index contributed by atoms with van der Waals surface area (Å²) < 4.78 is 10.2. The number of halogens is 1. The maximum absolute atomic E-state index is 12.0. The molecule has 1 aromatic heterocycles. The highest BCUT2D eigenvalue weighted by Gasteiger charge is 2.15. The standard InChI is InChI=1S/C11H10ClN3O3S/c1-17-8-4-6(3-7(12)9(8)18-2)10(16)14-11-15-13-5-19-11/h3-5H,1-2H3,(H,14,15,16). The number of ether oxygens (including phenoxy) is 2. The van der Waals surface area contributed by atoms with Gasteiger partial charge in [-0.15, -0.1) is 10.2 Å². The number of amides is 1. The first-order valence-corrected chi connectivity index (χ1v) is 6.40. The van der Waals surface area contributed by atoms with Crippen molar-refractivity contribution in [2.45, 2.75) is 0 Å². The Bertz CT molecular complexity index is 589. The number of anilines is 1. The van der Waals surface area contributed by atoms with E-state index < -0.39 is 0 Å². The van der Waals surface area contributed by atoms with E-state index in [1.165, 1.54) is 37.1 Å². The van der Waals surface area contributed by atoms with Gasteiger partial charge in [-0.2, -0.15) is 0 Å². The summed E-state index contributed by atoms with van der Waals surface area (Å²) in [6.45, 7) is 0. The lowest BCUT2D eigenvalue weighted by atomic mass is 10.2. The van der Waals surface area contributed by atoms with Gasteiger partial charge in [-0.25, -0.2) is 0 Å². The minimum absolute atomic E-state index is 0.296. The molecule has 0 aliphatic rings. The molecule has 1 N–H and O–H groups in total. The molecule has 0 spiro atoms. The quantitative estimate of drug-likeness (QED) is 0.939. The lowest BCUT2D eigenvalue weighted by Gasteiger charge is -2.11. The molecule has 0 bridgehead atoms. The van der Waals surface area contributed by atoms with Crippen LogP contribution in [0.1, 0.15) is 10.4 Å². The number of nitrogens with zero attached hydrogens (tertiary/aromatic N) is 2. The predicted molar refractivity (Wildman–Crippen MR) is 72.4 cm³/mol. The molecule has 100 valence electrons. The lowest BCUT2D eigenvalue weighted by Crippen LogP contribution is -2.12. The van der Waals surface area contributed by atoms with Crippen molar-refractivity contribution in [3.63, 3.8) is 0 Å². The smallest absolute Gasteiger partial charge is 0.257 e. The van der Waals surface area contributed by atoms with Crippen molar-refractivity contribution in [3.8, 4) is 11.5 Å². The van der Waals surface area contributed by atoms with Gasteiger partial charge in [0.1, 0.15) is 5.51 Å². The van der Waals surface area contributed by atoms with E-state index in [-0.39, 0.29) is 5.91 Å². The predicted octanol–water partition coefficient (Wildman–Crippen LogP) is 2.46. The molecule has 1 aromatic carbocycles. The summed E-state index contributed by atoms with van der Waals surface area (Å²) in [5.41, 5.74) is 1.87. The summed E-state index contributed by atoms with van der Waals surface area (Å²) in [6.07, 6.45) is 0. The summed E-state index contributed by atoms with van der Waals surface area (Å²) in [7, 11) is 2.95. The molecule has 0 radical (unpaired) electrons. The number of methoxy groups -OCH3 is 2. The molecule has 0 saturated heterocycles. The van der Waals surface area contributed by atoms with Crippen LogP contribution in [-0.4, -0.2) is 30.3 Å². The number of carbonyl (C=O) groups is 1. The van der Waals surface area contributed by atoms with Gasteiger partial charge in [-0.3, -0.25) is 10.1 Å². The zero-order valence-electron chi connectivity index (χ0n) is 10.1. The molecule has 0 aliphatic heterocycles. The Morgan fingerprint density at radius 2 is 2.16 bits per heavy atom. The van der Waals surface area contributed by atoms with Crippen LogP contribution >= 0.6 is 22.9 Å². The fraction of sp³-hybridized carbons (Fsp3) is 0.182. The van der Waals surface area contributed by atoms with Crippen molar-refractivity contribution >= 4 is 34.0 Å².